The molecule has 3 nitrogen and oxygen atoms in total. The standard InChI is InChI=1S/C12H15N3/c1-9-12(10(2)14-13-9)15(3)11-7-5-4-6-8-11/h4-8H,1-3H3,(H,13,14). The highest BCUT2D eigenvalue weighted by Gasteiger charge is 2.11. The van der Waals surface area contributed by atoms with Crippen LogP contribution < -0.4 is 4.90 Å². The zero-order valence-electron chi connectivity index (χ0n) is 9.28. The minimum Gasteiger partial charge on any atom is -0.342 e. The Morgan fingerprint density at radius 3 is 2.33 bits per heavy atom. The number of aryl methyl sites for hydroxylation is 2. The average molecular weight is 201 g/mol. The lowest BCUT2D eigenvalue weighted by atomic mass is 10.2. The predicted octanol–water partition coefficient (Wildman–Crippen LogP) is 2.79. The van der Waals surface area contributed by atoms with Crippen LogP contribution in [-0.4, -0.2) is 17.2 Å². The van der Waals surface area contributed by atoms with Crippen LogP contribution in [0.3, 0.4) is 0 Å². The summed E-state index contributed by atoms with van der Waals surface area (Å²) in [6.07, 6.45) is 0. The van der Waals surface area contributed by atoms with Gasteiger partial charge < -0.3 is 4.90 Å². The van der Waals surface area contributed by atoms with E-state index in [1.54, 1.807) is 0 Å². The van der Waals surface area contributed by atoms with E-state index >= 15 is 0 Å². The van der Waals surface area contributed by atoms with E-state index in [4.69, 9.17) is 0 Å². The monoisotopic (exact) mass is 201 g/mol. The molecule has 0 bridgehead atoms. The molecular formula is C12H15N3. The first kappa shape index (κ1) is 9.77. The number of aromatic nitrogens is 2. The molecule has 0 spiro atoms. The van der Waals surface area contributed by atoms with Crippen molar-refractivity contribution in [1.82, 2.24) is 10.2 Å². The van der Waals surface area contributed by atoms with E-state index < -0.39 is 0 Å². The van der Waals surface area contributed by atoms with Crippen LogP contribution in [0.2, 0.25) is 0 Å². The Morgan fingerprint density at radius 1 is 1.13 bits per heavy atom. The van der Waals surface area contributed by atoms with Crippen molar-refractivity contribution in [3.8, 4) is 0 Å². The van der Waals surface area contributed by atoms with Gasteiger partial charge in [0.2, 0.25) is 0 Å². The number of hydrogen-bond acceptors (Lipinski definition) is 2. The van der Waals surface area contributed by atoms with Gasteiger partial charge in [-0.1, -0.05) is 18.2 Å². The van der Waals surface area contributed by atoms with Gasteiger partial charge in [0.25, 0.3) is 0 Å². The van der Waals surface area contributed by atoms with Gasteiger partial charge in [-0.3, -0.25) is 5.10 Å². The highest BCUT2D eigenvalue weighted by molar-refractivity contribution is 5.66. The van der Waals surface area contributed by atoms with Gasteiger partial charge >= 0.3 is 0 Å². The number of rotatable bonds is 2. The van der Waals surface area contributed by atoms with Crippen LogP contribution >= 0.6 is 0 Å². The maximum atomic E-state index is 4.20. The van der Waals surface area contributed by atoms with Crippen LogP contribution in [-0.2, 0) is 0 Å². The van der Waals surface area contributed by atoms with Crippen LogP contribution in [0.1, 0.15) is 11.4 Å². The second-order valence-corrected chi connectivity index (χ2v) is 3.68. The Labute approximate surface area is 89.7 Å². The van der Waals surface area contributed by atoms with Crippen LogP contribution in [0.4, 0.5) is 11.4 Å². The lowest BCUT2D eigenvalue weighted by Gasteiger charge is -2.19. The van der Waals surface area contributed by atoms with Crippen molar-refractivity contribution < 1.29 is 0 Å². The number of nitrogens with zero attached hydrogens (tertiary/aromatic N) is 2. The molecule has 0 aliphatic heterocycles. The highest BCUT2D eigenvalue weighted by atomic mass is 15.2. The summed E-state index contributed by atoms with van der Waals surface area (Å²) < 4.78 is 0. The predicted molar refractivity (Wildman–Crippen MR) is 62.6 cm³/mol. The van der Waals surface area contributed by atoms with E-state index in [0.717, 1.165) is 17.1 Å². The minimum atomic E-state index is 1.03. The summed E-state index contributed by atoms with van der Waals surface area (Å²) in [5, 5.41) is 7.19. The summed E-state index contributed by atoms with van der Waals surface area (Å²) >= 11 is 0. The topological polar surface area (TPSA) is 31.9 Å². The lowest BCUT2D eigenvalue weighted by Crippen LogP contribution is -2.10. The third-order valence-corrected chi connectivity index (χ3v) is 2.57. The summed E-state index contributed by atoms with van der Waals surface area (Å²) in [4.78, 5) is 2.15. The Balaban J connectivity index is 2.41. The Kier molecular flexibility index (Phi) is 2.46. The van der Waals surface area contributed by atoms with Gasteiger partial charge in [0.1, 0.15) is 0 Å². The normalized spacial score (nSPS) is 10.3. The Bertz CT molecular complexity index is 426. The number of benzene rings is 1. The van der Waals surface area contributed by atoms with Gasteiger partial charge in [-0.15, -0.1) is 0 Å². The maximum absolute atomic E-state index is 4.20. The Hall–Kier alpha value is -1.77. The fourth-order valence-electron chi connectivity index (χ4n) is 1.82. The van der Waals surface area contributed by atoms with Crippen LogP contribution in [0.25, 0.3) is 0 Å². The quantitative estimate of drug-likeness (QED) is 0.810. The highest BCUT2D eigenvalue weighted by Crippen LogP contribution is 2.27. The van der Waals surface area contributed by atoms with Gasteiger partial charge in [0, 0.05) is 12.7 Å². The molecule has 1 aromatic heterocycles. The third kappa shape index (κ3) is 1.73. The summed E-state index contributed by atoms with van der Waals surface area (Å²) in [6, 6.07) is 10.3. The molecule has 0 unspecified atom stereocenters. The third-order valence-electron chi connectivity index (χ3n) is 2.57. The molecule has 0 saturated carbocycles. The first-order valence-corrected chi connectivity index (χ1v) is 5.00. The van der Waals surface area contributed by atoms with E-state index in [0.29, 0.717) is 0 Å². The van der Waals surface area contributed by atoms with E-state index in [2.05, 4.69) is 34.3 Å². The van der Waals surface area contributed by atoms with Crippen molar-refractivity contribution in [1.29, 1.82) is 0 Å². The van der Waals surface area contributed by atoms with E-state index in [-0.39, 0.29) is 0 Å². The smallest absolute Gasteiger partial charge is 0.0851 e. The van der Waals surface area contributed by atoms with Gasteiger partial charge in [-0.2, -0.15) is 5.10 Å². The summed E-state index contributed by atoms with van der Waals surface area (Å²) in [5.74, 6) is 0. The number of hydrogen-bond donors (Lipinski definition) is 1. The fraction of sp³-hybridized carbons (Fsp3) is 0.250. The van der Waals surface area contributed by atoms with Crippen molar-refractivity contribution in [2.24, 2.45) is 0 Å². The molecule has 3 heteroatoms. The minimum absolute atomic E-state index is 1.03. The summed E-state index contributed by atoms with van der Waals surface area (Å²) in [5.41, 5.74) is 4.45. The van der Waals surface area contributed by atoms with E-state index in [9.17, 15) is 0 Å². The molecule has 1 N–H and O–H groups in total. The molecule has 15 heavy (non-hydrogen) atoms. The molecule has 0 aliphatic rings. The number of aromatic amines is 1. The molecular weight excluding hydrogens is 186 g/mol. The SMILES string of the molecule is Cc1n[nH]c(C)c1N(C)c1ccccc1. The van der Waals surface area contributed by atoms with Crippen LogP contribution in [0, 0.1) is 13.8 Å². The molecule has 1 heterocycles. The molecule has 0 saturated heterocycles. The number of anilines is 2. The van der Waals surface area contributed by atoms with Crippen molar-refractivity contribution in [2.45, 2.75) is 13.8 Å². The van der Waals surface area contributed by atoms with Crippen molar-refractivity contribution in [2.75, 3.05) is 11.9 Å². The van der Waals surface area contributed by atoms with Crippen LogP contribution in [0.5, 0.6) is 0 Å². The van der Waals surface area contributed by atoms with Crippen LogP contribution in [0.15, 0.2) is 30.3 Å². The van der Waals surface area contributed by atoms with Gasteiger partial charge in [-0.25, -0.2) is 0 Å². The molecule has 0 fully saturated rings. The Morgan fingerprint density at radius 2 is 1.80 bits per heavy atom. The zero-order chi connectivity index (χ0) is 10.8. The van der Waals surface area contributed by atoms with Crippen molar-refractivity contribution >= 4 is 11.4 Å². The van der Waals surface area contributed by atoms with E-state index in [1.807, 2.05) is 32.0 Å². The number of nitrogens with one attached hydrogen (secondary N) is 1. The molecule has 2 rings (SSSR count). The summed E-state index contributed by atoms with van der Waals surface area (Å²) in [6.45, 7) is 4.05. The zero-order valence-corrected chi connectivity index (χ0v) is 9.28. The summed E-state index contributed by atoms with van der Waals surface area (Å²) in [7, 11) is 2.06. The van der Waals surface area contributed by atoms with Gasteiger partial charge in [-0.05, 0) is 26.0 Å². The number of para-hydroxylation sites is 1. The maximum Gasteiger partial charge on any atom is 0.0851 e. The first-order valence-electron chi connectivity index (χ1n) is 5.00. The van der Waals surface area contributed by atoms with Gasteiger partial charge in [0.15, 0.2) is 0 Å². The van der Waals surface area contributed by atoms with Gasteiger partial charge in [0.05, 0.1) is 17.1 Å². The lowest BCUT2D eigenvalue weighted by molar-refractivity contribution is 1.02. The average Bonchev–Trinajstić information content (AvgIpc) is 2.59. The molecule has 0 amide bonds. The fourth-order valence-corrected chi connectivity index (χ4v) is 1.82. The number of H-pyrrole nitrogens is 1. The van der Waals surface area contributed by atoms with Crippen molar-refractivity contribution in [3.05, 3.63) is 41.7 Å². The van der Waals surface area contributed by atoms with E-state index in [1.165, 1.54) is 5.69 Å². The molecule has 0 atom stereocenters. The second kappa shape index (κ2) is 3.77. The molecule has 2 aromatic rings. The molecule has 78 valence electrons. The molecule has 1 aromatic carbocycles. The largest absolute Gasteiger partial charge is 0.342 e. The second-order valence-electron chi connectivity index (χ2n) is 3.68. The van der Waals surface area contributed by atoms with Crippen molar-refractivity contribution in [3.63, 3.8) is 0 Å². The molecule has 0 aliphatic carbocycles. The first-order chi connectivity index (χ1) is 7.20. The molecule has 0 radical (unpaired) electrons.